The average molecular weight is 445 g/mol. The summed E-state index contributed by atoms with van der Waals surface area (Å²) in [5.41, 5.74) is 2.86. The Morgan fingerprint density at radius 3 is 0.844 bits per heavy atom. The molecule has 0 saturated heterocycles. The maximum absolute atomic E-state index is 2.65. The Kier molecular flexibility index (Phi) is 18.4. The molecule has 1 rings (SSSR count). The van der Waals surface area contributed by atoms with E-state index in [9.17, 15) is 0 Å². The van der Waals surface area contributed by atoms with Crippen LogP contribution in [-0.2, 0) is 0 Å². The minimum atomic E-state index is 1.21. The first-order valence-corrected chi connectivity index (χ1v) is 14.4. The topological polar surface area (TPSA) is 6.48 Å². The quantitative estimate of drug-likeness (QED) is 0.164. The number of benzene rings is 1. The molecule has 0 heterocycles. The predicted molar refractivity (Wildman–Crippen MR) is 147 cm³/mol. The van der Waals surface area contributed by atoms with Crippen molar-refractivity contribution in [1.82, 2.24) is 0 Å². The zero-order valence-corrected chi connectivity index (χ0v) is 22.3. The summed E-state index contributed by atoms with van der Waals surface area (Å²) in [5, 5.41) is 0. The molecule has 0 spiro atoms. The fraction of sp³-hybridized carbons (Fsp3) is 0.800. The van der Waals surface area contributed by atoms with E-state index in [2.05, 4.69) is 61.8 Å². The third-order valence-corrected chi connectivity index (χ3v) is 6.71. The lowest BCUT2D eigenvalue weighted by Crippen LogP contribution is -2.27. The summed E-state index contributed by atoms with van der Waals surface area (Å²) in [6, 6.07) is 9.61. The minimum absolute atomic E-state index is 1.21. The standard InChI is InChI=1S/C30H56N2/c1-5-9-13-17-25-31(26-18-14-10-6-2)29-21-23-30(24-22-29)32(27-19-15-11-7-3)28-20-16-12-8-4/h21-24H,5-20,25-28H2,1-4H3. The van der Waals surface area contributed by atoms with Gasteiger partial charge in [0.15, 0.2) is 0 Å². The molecule has 0 aliphatic rings. The van der Waals surface area contributed by atoms with E-state index in [0.29, 0.717) is 0 Å². The fourth-order valence-electron chi connectivity index (χ4n) is 4.53. The first-order valence-electron chi connectivity index (χ1n) is 14.4. The Hall–Kier alpha value is -1.18. The molecule has 186 valence electrons. The smallest absolute Gasteiger partial charge is 0.0367 e. The highest BCUT2D eigenvalue weighted by atomic mass is 15.1. The van der Waals surface area contributed by atoms with Crippen LogP contribution in [0.1, 0.15) is 130 Å². The third kappa shape index (κ3) is 13.4. The Morgan fingerprint density at radius 1 is 0.375 bits per heavy atom. The van der Waals surface area contributed by atoms with E-state index < -0.39 is 0 Å². The van der Waals surface area contributed by atoms with Crippen molar-refractivity contribution in [3.8, 4) is 0 Å². The number of unbranched alkanes of at least 4 members (excludes halogenated alkanes) is 12. The highest BCUT2D eigenvalue weighted by Crippen LogP contribution is 2.23. The van der Waals surface area contributed by atoms with E-state index >= 15 is 0 Å². The third-order valence-electron chi connectivity index (χ3n) is 6.71. The van der Waals surface area contributed by atoms with Crippen LogP contribution in [0.3, 0.4) is 0 Å². The average Bonchev–Trinajstić information content (AvgIpc) is 2.82. The minimum Gasteiger partial charge on any atom is -0.372 e. The van der Waals surface area contributed by atoms with Gasteiger partial charge in [0.2, 0.25) is 0 Å². The van der Waals surface area contributed by atoms with Crippen LogP contribution in [0.2, 0.25) is 0 Å². The molecule has 0 aromatic heterocycles. The van der Waals surface area contributed by atoms with Gasteiger partial charge in [-0.2, -0.15) is 0 Å². The van der Waals surface area contributed by atoms with E-state index in [1.807, 2.05) is 0 Å². The van der Waals surface area contributed by atoms with Gasteiger partial charge < -0.3 is 9.80 Å². The van der Waals surface area contributed by atoms with Gasteiger partial charge in [-0.05, 0) is 49.9 Å². The molecule has 0 fully saturated rings. The van der Waals surface area contributed by atoms with Crippen LogP contribution in [0, 0.1) is 0 Å². The highest BCUT2D eigenvalue weighted by Gasteiger charge is 2.10. The van der Waals surface area contributed by atoms with Crippen LogP contribution in [0.4, 0.5) is 11.4 Å². The lowest BCUT2D eigenvalue weighted by atomic mass is 10.1. The first-order chi connectivity index (χ1) is 15.8. The Morgan fingerprint density at radius 2 is 0.625 bits per heavy atom. The van der Waals surface area contributed by atoms with Gasteiger partial charge in [0, 0.05) is 37.6 Å². The normalized spacial score (nSPS) is 11.1. The van der Waals surface area contributed by atoms with Gasteiger partial charge in [0.1, 0.15) is 0 Å². The van der Waals surface area contributed by atoms with Crippen molar-refractivity contribution in [1.29, 1.82) is 0 Å². The van der Waals surface area contributed by atoms with Crippen molar-refractivity contribution in [3.63, 3.8) is 0 Å². The summed E-state index contributed by atoms with van der Waals surface area (Å²) in [4.78, 5) is 5.31. The molecule has 0 amide bonds. The molecule has 0 aliphatic heterocycles. The van der Waals surface area contributed by atoms with E-state index in [-0.39, 0.29) is 0 Å². The van der Waals surface area contributed by atoms with E-state index in [4.69, 9.17) is 0 Å². The van der Waals surface area contributed by atoms with Gasteiger partial charge >= 0.3 is 0 Å². The molecule has 0 saturated carbocycles. The van der Waals surface area contributed by atoms with Crippen molar-refractivity contribution < 1.29 is 0 Å². The fourth-order valence-corrected chi connectivity index (χ4v) is 4.53. The van der Waals surface area contributed by atoms with Crippen molar-refractivity contribution in [2.45, 2.75) is 130 Å². The molecule has 1 aromatic rings. The van der Waals surface area contributed by atoms with Crippen LogP contribution >= 0.6 is 0 Å². The number of hydrogen-bond acceptors (Lipinski definition) is 2. The lowest BCUT2D eigenvalue weighted by molar-refractivity contribution is 0.607. The van der Waals surface area contributed by atoms with Crippen LogP contribution < -0.4 is 9.80 Å². The molecule has 0 radical (unpaired) electrons. The maximum Gasteiger partial charge on any atom is 0.0367 e. The van der Waals surface area contributed by atoms with E-state index in [0.717, 1.165) is 0 Å². The maximum atomic E-state index is 2.65. The Labute approximate surface area is 202 Å². The number of rotatable bonds is 22. The molecule has 1 aromatic carbocycles. The molecule has 32 heavy (non-hydrogen) atoms. The number of anilines is 2. The van der Waals surface area contributed by atoms with Crippen LogP contribution in [-0.4, -0.2) is 26.2 Å². The van der Waals surface area contributed by atoms with Gasteiger partial charge in [-0.15, -0.1) is 0 Å². The molecule has 0 bridgehead atoms. The summed E-state index contributed by atoms with van der Waals surface area (Å²) in [5.74, 6) is 0. The van der Waals surface area contributed by atoms with Crippen LogP contribution in [0.25, 0.3) is 0 Å². The van der Waals surface area contributed by atoms with Gasteiger partial charge in [0.05, 0.1) is 0 Å². The van der Waals surface area contributed by atoms with E-state index in [1.54, 1.807) is 0 Å². The first kappa shape index (κ1) is 28.9. The predicted octanol–water partition coefficient (Wildman–Crippen LogP) is 9.62. The SMILES string of the molecule is CCCCCCN(CCCCCC)c1ccc(N(CCCCCC)CCCCCC)cc1. The second-order valence-electron chi connectivity index (χ2n) is 9.73. The van der Waals surface area contributed by atoms with Crippen LogP contribution in [0.15, 0.2) is 24.3 Å². The van der Waals surface area contributed by atoms with Gasteiger partial charge in [-0.25, -0.2) is 0 Å². The molecular formula is C30H56N2. The van der Waals surface area contributed by atoms with Crippen molar-refractivity contribution in [2.75, 3.05) is 36.0 Å². The van der Waals surface area contributed by atoms with Crippen molar-refractivity contribution in [2.24, 2.45) is 0 Å². The second-order valence-corrected chi connectivity index (χ2v) is 9.73. The monoisotopic (exact) mass is 444 g/mol. The van der Waals surface area contributed by atoms with Gasteiger partial charge in [0.25, 0.3) is 0 Å². The summed E-state index contributed by atoms with van der Waals surface area (Å²) in [7, 11) is 0. The molecule has 2 nitrogen and oxygen atoms in total. The molecule has 0 atom stereocenters. The Balaban J connectivity index is 2.74. The lowest BCUT2D eigenvalue weighted by Gasteiger charge is -2.28. The van der Waals surface area contributed by atoms with Gasteiger partial charge in [-0.3, -0.25) is 0 Å². The zero-order valence-electron chi connectivity index (χ0n) is 22.3. The summed E-state index contributed by atoms with van der Waals surface area (Å²) >= 11 is 0. The Bertz CT molecular complexity index is 439. The largest absolute Gasteiger partial charge is 0.372 e. The van der Waals surface area contributed by atoms with E-state index in [1.165, 1.54) is 140 Å². The molecule has 0 aliphatic carbocycles. The van der Waals surface area contributed by atoms with Crippen molar-refractivity contribution >= 4 is 11.4 Å². The van der Waals surface area contributed by atoms with Crippen molar-refractivity contribution in [3.05, 3.63) is 24.3 Å². The number of hydrogen-bond donors (Lipinski definition) is 0. The van der Waals surface area contributed by atoms with Gasteiger partial charge in [-0.1, -0.05) is 105 Å². The number of nitrogens with zero attached hydrogens (tertiary/aromatic N) is 2. The highest BCUT2D eigenvalue weighted by molar-refractivity contribution is 5.56. The van der Waals surface area contributed by atoms with Crippen LogP contribution in [0.5, 0.6) is 0 Å². The molecular weight excluding hydrogens is 388 g/mol. The zero-order chi connectivity index (χ0) is 23.3. The summed E-state index contributed by atoms with van der Waals surface area (Å²) in [6.45, 7) is 14.1. The molecule has 0 unspecified atom stereocenters. The second kappa shape index (κ2) is 20.4. The molecule has 2 heteroatoms. The summed E-state index contributed by atoms with van der Waals surface area (Å²) < 4.78 is 0. The molecule has 0 N–H and O–H groups in total. The summed E-state index contributed by atoms with van der Waals surface area (Å²) in [6.07, 6.45) is 21.5.